The number of amides is 2. The average Bonchev–Trinajstić information content (AvgIpc) is 2.31. The van der Waals surface area contributed by atoms with Crippen LogP contribution in [0.4, 0.5) is 0 Å². The summed E-state index contributed by atoms with van der Waals surface area (Å²) in [5.41, 5.74) is 0. The highest BCUT2D eigenvalue weighted by molar-refractivity contribution is 5.90. The first-order valence-corrected chi connectivity index (χ1v) is 5.99. The first-order chi connectivity index (χ1) is 7.74. The molecule has 2 aliphatic rings. The maximum Gasteiger partial charge on any atom is 0.242 e. The van der Waals surface area contributed by atoms with Gasteiger partial charge in [0.05, 0.1) is 6.04 Å². The predicted octanol–water partition coefficient (Wildman–Crippen LogP) is -0.525. The number of carbonyl (C=O) groups is 2. The highest BCUT2D eigenvalue weighted by Gasteiger charge is 2.36. The zero-order chi connectivity index (χ0) is 11.5. The summed E-state index contributed by atoms with van der Waals surface area (Å²) in [5.74, 6) is 0.0900. The van der Waals surface area contributed by atoms with E-state index in [0.29, 0.717) is 0 Å². The number of rotatable bonds is 2. The fourth-order valence-electron chi connectivity index (χ4n) is 2.53. The van der Waals surface area contributed by atoms with Gasteiger partial charge in [-0.15, -0.1) is 0 Å². The van der Waals surface area contributed by atoms with Gasteiger partial charge in [-0.2, -0.15) is 0 Å². The molecule has 0 aliphatic carbocycles. The molecule has 2 atom stereocenters. The molecule has 2 fully saturated rings. The van der Waals surface area contributed by atoms with Crippen LogP contribution in [0, 0.1) is 0 Å². The van der Waals surface area contributed by atoms with Crippen molar-refractivity contribution in [3.05, 3.63) is 0 Å². The SMILES string of the molecule is CNC1CCCN(C2CCCNC2=O)C1=O. The third kappa shape index (κ3) is 2.04. The molecule has 2 rings (SSSR count). The van der Waals surface area contributed by atoms with Crippen molar-refractivity contribution in [2.24, 2.45) is 0 Å². The molecule has 5 nitrogen and oxygen atoms in total. The lowest BCUT2D eigenvalue weighted by Crippen LogP contribution is -2.58. The highest BCUT2D eigenvalue weighted by atomic mass is 16.2. The Kier molecular flexibility index (Phi) is 3.43. The maximum atomic E-state index is 12.1. The summed E-state index contributed by atoms with van der Waals surface area (Å²) in [6.07, 6.45) is 3.61. The molecule has 2 N–H and O–H groups in total. The summed E-state index contributed by atoms with van der Waals surface area (Å²) in [6, 6.07) is -0.346. The maximum absolute atomic E-state index is 12.1. The van der Waals surface area contributed by atoms with Crippen molar-refractivity contribution in [3.63, 3.8) is 0 Å². The van der Waals surface area contributed by atoms with Gasteiger partial charge in [0.15, 0.2) is 0 Å². The lowest BCUT2D eigenvalue weighted by Gasteiger charge is -2.38. The summed E-state index contributed by atoms with van der Waals surface area (Å²) in [7, 11) is 1.80. The summed E-state index contributed by atoms with van der Waals surface area (Å²) in [4.78, 5) is 25.5. The third-order valence-electron chi connectivity index (χ3n) is 3.45. The van der Waals surface area contributed by atoms with E-state index in [1.54, 1.807) is 11.9 Å². The molecular formula is C11H19N3O2. The fraction of sp³-hybridized carbons (Fsp3) is 0.818. The third-order valence-corrected chi connectivity index (χ3v) is 3.45. The van der Waals surface area contributed by atoms with Gasteiger partial charge in [-0.25, -0.2) is 0 Å². The smallest absolute Gasteiger partial charge is 0.242 e. The van der Waals surface area contributed by atoms with Crippen molar-refractivity contribution in [1.29, 1.82) is 0 Å². The molecular weight excluding hydrogens is 206 g/mol. The monoisotopic (exact) mass is 225 g/mol. The predicted molar refractivity (Wildman–Crippen MR) is 59.8 cm³/mol. The zero-order valence-corrected chi connectivity index (χ0v) is 9.66. The van der Waals surface area contributed by atoms with E-state index in [0.717, 1.165) is 38.8 Å². The van der Waals surface area contributed by atoms with Crippen molar-refractivity contribution in [2.75, 3.05) is 20.1 Å². The van der Waals surface area contributed by atoms with Crippen LogP contribution in [-0.4, -0.2) is 48.9 Å². The number of carbonyl (C=O) groups excluding carboxylic acids is 2. The van der Waals surface area contributed by atoms with Crippen molar-refractivity contribution in [2.45, 2.75) is 37.8 Å². The van der Waals surface area contributed by atoms with Crippen LogP contribution in [0.3, 0.4) is 0 Å². The molecule has 0 saturated carbocycles. The van der Waals surface area contributed by atoms with Crippen molar-refractivity contribution in [1.82, 2.24) is 15.5 Å². The Morgan fingerprint density at radius 2 is 2.12 bits per heavy atom. The molecule has 2 aliphatic heterocycles. The molecule has 0 aromatic heterocycles. The number of nitrogens with zero attached hydrogens (tertiary/aromatic N) is 1. The first kappa shape index (κ1) is 11.4. The minimum absolute atomic E-state index is 0.0105. The highest BCUT2D eigenvalue weighted by Crippen LogP contribution is 2.19. The Balaban J connectivity index is 2.07. The molecule has 2 unspecified atom stereocenters. The first-order valence-electron chi connectivity index (χ1n) is 5.99. The average molecular weight is 225 g/mol. The van der Waals surface area contributed by atoms with Gasteiger partial charge in [-0.1, -0.05) is 0 Å². The standard InChI is InChI=1S/C11H19N3O2/c1-12-8-4-3-7-14(11(8)16)9-5-2-6-13-10(9)15/h8-9,12H,2-7H2,1H3,(H,13,15). The Bertz CT molecular complexity index is 293. The topological polar surface area (TPSA) is 61.4 Å². The Hall–Kier alpha value is -1.10. The van der Waals surface area contributed by atoms with E-state index < -0.39 is 0 Å². The van der Waals surface area contributed by atoms with Crippen LogP contribution in [0.25, 0.3) is 0 Å². The Morgan fingerprint density at radius 3 is 2.81 bits per heavy atom. The van der Waals surface area contributed by atoms with Crippen molar-refractivity contribution < 1.29 is 9.59 Å². The minimum atomic E-state index is -0.239. The van der Waals surface area contributed by atoms with Crippen LogP contribution in [0.15, 0.2) is 0 Å². The molecule has 0 bridgehead atoms. The van der Waals surface area contributed by atoms with E-state index >= 15 is 0 Å². The van der Waals surface area contributed by atoms with E-state index in [-0.39, 0.29) is 23.9 Å². The molecule has 2 saturated heterocycles. The molecule has 2 heterocycles. The van der Waals surface area contributed by atoms with E-state index in [1.165, 1.54) is 0 Å². The van der Waals surface area contributed by atoms with E-state index in [4.69, 9.17) is 0 Å². The van der Waals surface area contributed by atoms with Gasteiger partial charge in [-0.05, 0) is 32.7 Å². The summed E-state index contributed by atoms with van der Waals surface area (Å²) >= 11 is 0. The second-order valence-corrected chi connectivity index (χ2v) is 4.46. The molecule has 90 valence electrons. The van der Waals surface area contributed by atoms with Gasteiger partial charge in [0.2, 0.25) is 11.8 Å². The van der Waals surface area contributed by atoms with Gasteiger partial charge in [0.1, 0.15) is 6.04 Å². The van der Waals surface area contributed by atoms with Crippen LogP contribution in [0.1, 0.15) is 25.7 Å². The van der Waals surface area contributed by atoms with Gasteiger partial charge in [-0.3, -0.25) is 9.59 Å². The fourth-order valence-corrected chi connectivity index (χ4v) is 2.53. The molecule has 0 radical (unpaired) electrons. The Labute approximate surface area is 95.6 Å². The number of likely N-dealkylation sites (N-methyl/N-ethyl adjacent to an activating group) is 1. The van der Waals surface area contributed by atoms with Gasteiger partial charge < -0.3 is 15.5 Å². The van der Waals surface area contributed by atoms with Crippen LogP contribution in [0.5, 0.6) is 0 Å². The summed E-state index contributed by atoms with van der Waals surface area (Å²) in [5, 5.41) is 5.84. The van der Waals surface area contributed by atoms with Crippen molar-refractivity contribution >= 4 is 11.8 Å². The number of nitrogens with one attached hydrogen (secondary N) is 2. The normalized spacial score (nSPS) is 31.4. The van der Waals surface area contributed by atoms with Crippen LogP contribution < -0.4 is 10.6 Å². The lowest BCUT2D eigenvalue weighted by atomic mass is 9.98. The molecule has 2 amide bonds. The number of likely N-dealkylation sites (tertiary alicyclic amines) is 1. The van der Waals surface area contributed by atoms with Crippen molar-refractivity contribution in [3.8, 4) is 0 Å². The molecule has 5 heteroatoms. The molecule has 0 aromatic carbocycles. The van der Waals surface area contributed by atoms with Gasteiger partial charge in [0.25, 0.3) is 0 Å². The van der Waals surface area contributed by atoms with E-state index in [1.807, 2.05) is 0 Å². The van der Waals surface area contributed by atoms with Crippen LogP contribution >= 0.6 is 0 Å². The van der Waals surface area contributed by atoms with E-state index in [9.17, 15) is 9.59 Å². The summed E-state index contributed by atoms with van der Waals surface area (Å²) < 4.78 is 0. The summed E-state index contributed by atoms with van der Waals surface area (Å²) in [6.45, 7) is 1.46. The number of piperidine rings is 2. The van der Waals surface area contributed by atoms with Crippen LogP contribution in [-0.2, 0) is 9.59 Å². The minimum Gasteiger partial charge on any atom is -0.354 e. The molecule has 0 aromatic rings. The largest absolute Gasteiger partial charge is 0.354 e. The second-order valence-electron chi connectivity index (χ2n) is 4.46. The zero-order valence-electron chi connectivity index (χ0n) is 9.66. The lowest BCUT2D eigenvalue weighted by molar-refractivity contribution is -0.145. The second kappa shape index (κ2) is 4.82. The van der Waals surface area contributed by atoms with Gasteiger partial charge in [0, 0.05) is 13.1 Å². The molecule has 16 heavy (non-hydrogen) atoms. The number of hydrogen-bond acceptors (Lipinski definition) is 3. The number of hydrogen-bond donors (Lipinski definition) is 2. The quantitative estimate of drug-likeness (QED) is 0.664. The van der Waals surface area contributed by atoms with Crippen LogP contribution in [0.2, 0.25) is 0 Å². The Morgan fingerprint density at radius 1 is 1.31 bits per heavy atom. The van der Waals surface area contributed by atoms with E-state index in [2.05, 4.69) is 10.6 Å². The molecule has 0 spiro atoms. The van der Waals surface area contributed by atoms with Gasteiger partial charge >= 0.3 is 0 Å².